The lowest BCUT2D eigenvalue weighted by Gasteiger charge is -2.24. The van der Waals surface area contributed by atoms with Crippen LogP contribution in [0.15, 0.2) is 0 Å². The molecule has 0 aromatic rings. The molecule has 0 aliphatic carbocycles. The second-order valence-electron chi connectivity index (χ2n) is 8.87. The van der Waals surface area contributed by atoms with Gasteiger partial charge < -0.3 is 10.2 Å². The topological polar surface area (TPSA) is 129 Å². The first kappa shape index (κ1) is 28.9. The molecule has 0 aromatic carbocycles. The van der Waals surface area contributed by atoms with E-state index in [4.69, 9.17) is 5.11 Å². The van der Waals surface area contributed by atoms with Gasteiger partial charge in [-0.05, 0) is 12.3 Å². The highest BCUT2D eigenvalue weighted by Crippen LogP contribution is 2.29. The second-order valence-corrected chi connectivity index (χ2v) is 10.6. The molecule has 0 fully saturated rings. The van der Waals surface area contributed by atoms with Gasteiger partial charge >= 0.3 is 11.9 Å². The van der Waals surface area contributed by atoms with Crippen LogP contribution in [0.25, 0.3) is 0 Å². The molecule has 0 rings (SSSR count). The van der Waals surface area contributed by atoms with Gasteiger partial charge in [0, 0.05) is 0 Å². The standard InChI is InChI=1S/C22H42O7S/c1-19(2)16-14-12-10-8-6-4-3-5-7-9-11-13-15-17-22(21(25)26,18-20(23)24)30(27,28)29/h19H,3-18H2,1-2H3,(H,23,24)(H,25,26)(H,27,28,29). The van der Waals surface area contributed by atoms with Gasteiger partial charge in [0.25, 0.3) is 10.1 Å². The van der Waals surface area contributed by atoms with Gasteiger partial charge in [-0.15, -0.1) is 0 Å². The first-order chi connectivity index (χ1) is 14.0. The molecule has 0 aromatic heterocycles. The van der Waals surface area contributed by atoms with Gasteiger partial charge in [0.1, 0.15) is 0 Å². The van der Waals surface area contributed by atoms with Crippen molar-refractivity contribution >= 4 is 22.1 Å². The summed E-state index contributed by atoms with van der Waals surface area (Å²) in [5.74, 6) is -2.57. The molecule has 178 valence electrons. The van der Waals surface area contributed by atoms with Crippen LogP contribution in [0.1, 0.15) is 117 Å². The molecular formula is C22H42O7S. The number of hydrogen-bond acceptors (Lipinski definition) is 4. The first-order valence-electron chi connectivity index (χ1n) is 11.4. The number of unbranched alkanes of at least 4 members (excludes halogenated alkanes) is 12. The quantitative estimate of drug-likeness (QED) is 0.161. The molecule has 3 N–H and O–H groups in total. The van der Waals surface area contributed by atoms with E-state index in [2.05, 4.69) is 13.8 Å². The van der Waals surface area contributed by atoms with Crippen LogP contribution in [0.4, 0.5) is 0 Å². The molecule has 30 heavy (non-hydrogen) atoms. The summed E-state index contributed by atoms with van der Waals surface area (Å²) in [6.45, 7) is 4.53. The molecule has 0 amide bonds. The Morgan fingerprint density at radius 3 is 1.40 bits per heavy atom. The summed E-state index contributed by atoms with van der Waals surface area (Å²) < 4.78 is 29.7. The lowest BCUT2D eigenvalue weighted by atomic mass is 9.96. The lowest BCUT2D eigenvalue weighted by Crippen LogP contribution is -2.48. The van der Waals surface area contributed by atoms with E-state index in [1.165, 1.54) is 51.4 Å². The fourth-order valence-corrected chi connectivity index (χ4v) is 4.68. The van der Waals surface area contributed by atoms with Gasteiger partial charge in [-0.1, -0.05) is 104 Å². The molecule has 0 spiro atoms. The Morgan fingerprint density at radius 2 is 1.10 bits per heavy atom. The highest BCUT2D eigenvalue weighted by molar-refractivity contribution is 7.88. The molecule has 0 saturated carbocycles. The van der Waals surface area contributed by atoms with Crippen molar-refractivity contribution in [1.82, 2.24) is 0 Å². The minimum Gasteiger partial charge on any atom is -0.481 e. The Morgan fingerprint density at radius 1 is 0.733 bits per heavy atom. The Hall–Kier alpha value is -1.15. The summed E-state index contributed by atoms with van der Waals surface area (Å²) in [5.41, 5.74) is 0. The third kappa shape index (κ3) is 12.5. The monoisotopic (exact) mass is 450 g/mol. The number of carbonyl (C=O) groups is 2. The van der Waals surface area contributed by atoms with E-state index in [1.54, 1.807) is 0 Å². The summed E-state index contributed by atoms with van der Waals surface area (Å²) in [5, 5.41) is 18.1. The van der Waals surface area contributed by atoms with Crippen LogP contribution in [0.2, 0.25) is 0 Å². The third-order valence-corrected chi connectivity index (χ3v) is 7.19. The van der Waals surface area contributed by atoms with Gasteiger partial charge in [-0.2, -0.15) is 8.42 Å². The van der Waals surface area contributed by atoms with Gasteiger partial charge in [-0.25, -0.2) is 0 Å². The normalized spacial score (nSPS) is 14.0. The predicted molar refractivity (Wildman–Crippen MR) is 118 cm³/mol. The fraction of sp³-hybridized carbons (Fsp3) is 0.909. The fourth-order valence-electron chi connectivity index (χ4n) is 3.75. The van der Waals surface area contributed by atoms with Crippen LogP contribution >= 0.6 is 0 Å². The first-order valence-corrected chi connectivity index (χ1v) is 12.9. The SMILES string of the molecule is CC(C)CCCCCCCCCCCCCCCC(CC(=O)O)(C(=O)O)S(=O)(=O)O. The molecule has 0 bridgehead atoms. The highest BCUT2D eigenvalue weighted by Gasteiger charge is 2.51. The van der Waals surface area contributed by atoms with Crippen molar-refractivity contribution in [3.8, 4) is 0 Å². The van der Waals surface area contributed by atoms with Crippen molar-refractivity contribution in [1.29, 1.82) is 0 Å². The van der Waals surface area contributed by atoms with Gasteiger partial charge in [0.2, 0.25) is 4.75 Å². The molecule has 0 saturated heterocycles. The largest absolute Gasteiger partial charge is 0.481 e. The van der Waals surface area contributed by atoms with Crippen molar-refractivity contribution in [2.45, 2.75) is 121 Å². The van der Waals surface area contributed by atoms with Crippen molar-refractivity contribution < 1.29 is 32.8 Å². The highest BCUT2D eigenvalue weighted by atomic mass is 32.2. The minimum absolute atomic E-state index is 0.246. The van der Waals surface area contributed by atoms with Crippen molar-refractivity contribution in [2.75, 3.05) is 0 Å². The van der Waals surface area contributed by atoms with Crippen LogP contribution in [-0.2, 0) is 19.7 Å². The summed E-state index contributed by atoms with van der Waals surface area (Å²) >= 11 is 0. The van der Waals surface area contributed by atoms with E-state index in [-0.39, 0.29) is 6.42 Å². The van der Waals surface area contributed by atoms with E-state index in [0.717, 1.165) is 31.6 Å². The smallest absolute Gasteiger partial charge is 0.328 e. The Bertz CT molecular complexity index is 586. The number of hydrogen-bond donors (Lipinski definition) is 3. The zero-order valence-electron chi connectivity index (χ0n) is 18.8. The number of carboxylic acid groups (broad SMARTS) is 2. The van der Waals surface area contributed by atoms with Crippen LogP contribution < -0.4 is 0 Å². The zero-order valence-corrected chi connectivity index (χ0v) is 19.6. The predicted octanol–water partition coefficient (Wildman–Crippen LogP) is 5.68. The van der Waals surface area contributed by atoms with E-state index in [0.29, 0.717) is 6.42 Å². The maximum Gasteiger partial charge on any atom is 0.328 e. The molecular weight excluding hydrogens is 408 g/mol. The second kappa shape index (κ2) is 15.6. The molecule has 0 aliphatic heterocycles. The maximum absolute atomic E-state index is 11.5. The lowest BCUT2D eigenvalue weighted by molar-refractivity contribution is -0.147. The average molecular weight is 451 g/mol. The Labute approximate surface area is 182 Å². The summed E-state index contributed by atoms with van der Waals surface area (Å²) in [6.07, 6.45) is 13.8. The van der Waals surface area contributed by atoms with E-state index >= 15 is 0 Å². The third-order valence-electron chi connectivity index (χ3n) is 5.68. The van der Waals surface area contributed by atoms with Crippen molar-refractivity contribution in [3.05, 3.63) is 0 Å². The van der Waals surface area contributed by atoms with Crippen LogP contribution in [0.5, 0.6) is 0 Å². The van der Waals surface area contributed by atoms with Gasteiger partial charge in [0.15, 0.2) is 0 Å². The molecule has 1 atom stereocenters. The van der Waals surface area contributed by atoms with E-state index in [1.807, 2.05) is 0 Å². The number of rotatable bonds is 20. The zero-order chi connectivity index (χ0) is 23.0. The number of carboxylic acids is 2. The molecule has 1 unspecified atom stereocenters. The molecule has 8 heteroatoms. The molecule has 0 radical (unpaired) electrons. The van der Waals surface area contributed by atoms with E-state index in [9.17, 15) is 27.7 Å². The van der Waals surface area contributed by atoms with E-state index < -0.39 is 39.6 Å². The summed E-state index contributed by atoms with van der Waals surface area (Å²) in [4.78, 5) is 22.3. The van der Waals surface area contributed by atoms with Crippen molar-refractivity contribution in [2.24, 2.45) is 5.92 Å². The molecule has 0 heterocycles. The summed E-state index contributed by atoms with van der Waals surface area (Å²) in [6, 6.07) is 0. The van der Waals surface area contributed by atoms with Crippen molar-refractivity contribution in [3.63, 3.8) is 0 Å². The van der Waals surface area contributed by atoms with Gasteiger partial charge in [0.05, 0.1) is 6.42 Å². The maximum atomic E-state index is 11.5. The molecule has 7 nitrogen and oxygen atoms in total. The van der Waals surface area contributed by atoms with Gasteiger partial charge in [-0.3, -0.25) is 14.1 Å². The minimum atomic E-state index is -5.02. The molecule has 0 aliphatic rings. The van der Waals surface area contributed by atoms with Crippen LogP contribution in [0, 0.1) is 5.92 Å². The Kier molecular flexibility index (Phi) is 15.0. The van der Waals surface area contributed by atoms with Crippen LogP contribution in [0.3, 0.4) is 0 Å². The average Bonchev–Trinajstić information content (AvgIpc) is 2.62. The Balaban J connectivity index is 3.83. The number of aliphatic carboxylic acids is 2. The van der Waals surface area contributed by atoms with Crippen LogP contribution in [-0.4, -0.2) is 39.9 Å². The summed E-state index contributed by atoms with van der Waals surface area (Å²) in [7, 11) is -5.02.